The number of rotatable bonds is 3. The minimum Gasteiger partial charge on any atom is -0.772 e. The third-order valence-electron chi connectivity index (χ3n) is 3.29. The molecule has 0 bridgehead atoms. The summed E-state index contributed by atoms with van der Waals surface area (Å²) in [6.45, 7) is 2.85. The van der Waals surface area contributed by atoms with Crippen molar-refractivity contribution in [2.45, 2.75) is 31.3 Å². The number of benzene rings is 1. The van der Waals surface area contributed by atoms with Crippen LogP contribution in [0.15, 0.2) is 18.2 Å². The quantitative estimate of drug-likeness (QED) is 0.667. The summed E-state index contributed by atoms with van der Waals surface area (Å²) in [6, 6.07) is 1.81. The number of amides is 3. The minimum atomic E-state index is -4.82. The Morgan fingerprint density at radius 2 is 1.91 bits per heavy atom. The van der Waals surface area contributed by atoms with Gasteiger partial charge in [0.05, 0.1) is 11.3 Å². The Morgan fingerprint density at radius 3 is 2.35 bits per heavy atom. The van der Waals surface area contributed by atoms with Crippen LogP contribution in [0.1, 0.15) is 25.0 Å². The van der Waals surface area contributed by atoms with E-state index in [1.54, 1.807) is 0 Å². The lowest BCUT2D eigenvalue weighted by Crippen LogP contribution is -2.40. The zero-order chi connectivity index (χ0) is 17.6. The molecule has 6 nitrogen and oxygen atoms in total. The SMILES string of the molecule is CC1(C)NC(=O)N(c2ccc(CS(=O)[O-])c(C(F)(F)F)c2)C1=O. The highest BCUT2D eigenvalue weighted by atomic mass is 32.2. The van der Waals surface area contributed by atoms with Crippen LogP contribution in [0.3, 0.4) is 0 Å². The highest BCUT2D eigenvalue weighted by molar-refractivity contribution is 7.78. The third kappa shape index (κ3) is 3.37. The maximum absolute atomic E-state index is 13.1. The first-order chi connectivity index (χ1) is 10.4. The van der Waals surface area contributed by atoms with Crippen LogP contribution in [0.2, 0.25) is 0 Å². The number of imide groups is 1. The van der Waals surface area contributed by atoms with Crippen LogP contribution in [0.5, 0.6) is 0 Å². The van der Waals surface area contributed by atoms with Gasteiger partial charge in [0, 0.05) is 5.75 Å². The number of carbonyl (C=O) groups is 2. The molecule has 0 spiro atoms. The Hall–Kier alpha value is -1.94. The molecule has 3 amide bonds. The van der Waals surface area contributed by atoms with Gasteiger partial charge in [0.25, 0.3) is 5.91 Å². The standard InChI is InChI=1S/C13H13F3N2O4S/c1-12(2)10(19)18(11(20)17-12)8-4-3-7(6-23(21)22)9(5-8)13(14,15)16/h3-5H,6H2,1-2H3,(H,17,20)(H,21,22)/p-1. The first-order valence-electron chi connectivity index (χ1n) is 6.36. The van der Waals surface area contributed by atoms with E-state index in [0.717, 1.165) is 12.1 Å². The van der Waals surface area contributed by atoms with Crippen molar-refractivity contribution >= 4 is 28.7 Å². The molecule has 10 heteroatoms. The van der Waals surface area contributed by atoms with Crippen molar-refractivity contribution < 1.29 is 31.5 Å². The van der Waals surface area contributed by atoms with Crippen molar-refractivity contribution in [1.82, 2.24) is 5.32 Å². The van der Waals surface area contributed by atoms with E-state index in [4.69, 9.17) is 0 Å². The topological polar surface area (TPSA) is 89.5 Å². The van der Waals surface area contributed by atoms with Crippen LogP contribution in [-0.2, 0) is 27.8 Å². The predicted molar refractivity (Wildman–Crippen MR) is 74.2 cm³/mol. The van der Waals surface area contributed by atoms with E-state index in [1.807, 2.05) is 0 Å². The lowest BCUT2D eigenvalue weighted by Gasteiger charge is -2.19. The van der Waals surface area contributed by atoms with Gasteiger partial charge < -0.3 is 9.87 Å². The molecule has 1 aromatic rings. The predicted octanol–water partition coefficient (Wildman–Crippen LogP) is 1.92. The van der Waals surface area contributed by atoms with Crippen LogP contribution in [0.25, 0.3) is 0 Å². The number of hydrogen-bond acceptors (Lipinski definition) is 4. The molecule has 1 unspecified atom stereocenters. The average molecular weight is 349 g/mol. The van der Waals surface area contributed by atoms with Gasteiger partial charge in [0.15, 0.2) is 0 Å². The molecule has 1 fully saturated rings. The molecule has 23 heavy (non-hydrogen) atoms. The molecule has 1 atom stereocenters. The number of urea groups is 1. The van der Waals surface area contributed by atoms with Gasteiger partial charge in [-0.05, 0) is 31.5 Å². The minimum absolute atomic E-state index is 0.272. The van der Waals surface area contributed by atoms with E-state index in [0.29, 0.717) is 11.0 Å². The summed E-state index contributed by atoms with van der Waals surface area (Å²) in [7, 11) is 0. The second kappa shape index (κ2) is 5.60. The third-order valence-corrected chi connectivity index (χ3v) is 3.84. The number of anilines is 1. The van der Waals surface area contributed by atoms with Crippen LogP contribution < -0.4 is 10.2 Å². The number of nitrogens with one attached hydrogen (secondary N) is 1. The molecule has 0 saturated carbocycles. The van der Waals surface area contributed by atoms with E-state index in [-0.39, 0.29) is 5.69 Å². The maximum atomic E-state index is 13.1. The second-order valence-corrected chi connectivity index (χ2v) is 6.38. The Kier molecular flexibility index (Phi) is 4.24. The van der Waals surface area contributed by atoms with Crippen molar-refractivity contribution in [3.8, 4) is 0 Å². The zero-order valence-electron chi connectivity index (χ0n) is 12.1. The maximum Gasteiger partial charge on any atom is 0.416 e. The van der Waals surface area contributed by atoms with Gasteiger partial charge in [0.2, 0.25) is 0 Å². The molecule has 1 aliphatic heterocycles. The summed E-state index contributed by atoms with van der Waals surface area (Å²) >= 11 is -2.71. The fraction of sp³-hybridized carbons (Fsp3) is 0.385. The fourth-order valence-corrected chi connectivity index (χ4v) is 2.71. The number of hydrogen-bond donors (Lipinski definition) is 1. The molecule has 1 saturated heterocycles. The molecule has 2 rings (SSSR count). The molecule has 1 N–H and O–H groups in total. The zero-order valence-corrected chi connectivity index (χ0v) is 12.9. The monoisotopic (exact) mass is 349 g/mol. The summed E-state index contributed by atoms with van der Waals surface area (Å²) in [6.07, 6.45) is -4.82. The lowest BCUT2D eigenvalue weighted by molar-refractivity contribution is -0.138. The number of carbonyl (C=O) groups excluding carboxylic acids is 2. The number of nitrogens with zero attached hydrogens (tertiary/aromatic N) is 1. The van der Waals surface area contributed by atoms with Gasteiger partial charge >= 0.3 is 12.2 Å². The Balaban J connectivity index is 2.52. The second-order valence-electron chi connectivity index (χ2n) is 5.48. The molecule has 0 aromatic heterocycles. The summed E-state index contributed by atoms with van der Waals surface area (Å²) in [5, 5.41) is 2.35. The van der Waals surface area contributed by atoms with E-state index >= 15 is 0 Å². The van der Waals surface area contributed by atoms with Crippen molar-refractivity contribution in [3.05, 3.63) is 29.3 Å². The van der Waals surface area contributed by atoms with Crippen LogP contribution in [0, 0.1) is 0 Å². The summed E-state index contributed by atoms with van der Waals surface area (Å²) in [4.78, 5) is 24.6. The van der Waals surface area contributed by atoms with Crippen LogP contribution in [0.4, 0.5) is 23.7 Å². The van der Waals surface area contributed by atoms with Gasteiger partial charge in [-0.3, -0.25) is 9.00 Å². The first-order valence-corrected chi connectivity index (χ1v) is 7.60. The Morgan fingerprint density at radius 1 is 1.30 bits per heavy atom. The molecule has 1 aromatic carbocycles. The Bertz CT molecular complexity index is 703. The molecule has 0 aliphatic carbocycles. The highest BCUT2D eigenvalue weighted by Crippen LogP contribution is 2.36. The average Bonchev–Trinajstić information content (AvgIpc) is 2.57. The van der Waals surface area contributed by atoms with Gasteiger partial charge in [-0.1, -0.05) is 17.1 Å². The van der Waals surface area contributed by atoms with Crippen molar-refractivity contribution in [2.24, 2.45) is 0 Å². The molecular formula is C13H12F3N2O4S-. The Labute approximate surface area is 131 Å². The highest BCUT2D eigenvalue weighted by Gasteiger charge is 2.45. The summed E-state index contributed by atoms with van der Waals surface area (Å²) < 4.78 is 60.7. The largest absolute Gasteiger partial charge is 0.772 e. The molecule has 1 heterocycles. The van der Waals surface area contributed by atoms with Crippen LogP contribution in [-0.4, -0.2) is 26.2 Å². The van der Waals surface area contributed by atoms with E-state index in [2.05, 4.69) is 5.32 Å². The lowest BCUT2D eigenvalue weighted by atomic mass is 10.0. The van der Waals surface area contributed by atoms with E-state index in [1.165, 1.54) is 13.8 Å². The van der Waals surface area contributed by atoms with Crippen LogP contribution >= 0.6 is 0 Å². The first kappa shape index (κ1) is 17.4. The van der Waals surface area contributed by atoms with Crippen molar-refractivity contribution in [3.63, 3.8) is 0 Å². The smallest absolute Gasteiger partial charge is 0.416 e. The van der Waals surface area contributed by atoms with Gasteiger partial charge in [-0.25, -0.2) is 9.69 Å². The van der Waals surface area contributed by atoms with Gasteiger partial charge in [0.1, 0.15) is 5.54 Å². The molecular weight excluding hydrogens is 337 g/mol. The van der Waals surface area contributed by atoms with Crippen molar-refractivity contribution in [1.29, 1.82) is 0 Å². The van der Waals surface area contributed by atoms with Crippen molar-refractivity contribution in [2.75, 3.05) is 4.90 Å². The number of halogens is 3. The van der Waals surface area contributed by atoms with E-state index < -0.39 is 51.6 Å². The van der Waals surface area contributed by atoms with E-state index in [9.17, 15) is 31.5 Å². The molecule has 1 aliphatic rings. The van der Waals surface area contributed by atoms with Gasteiger partial charge in [-0.15, -0.1) is 0 Å². The fourth-order valence-electron chi connectivity index (χ4n) is 2.20. The van der Waals surface area contributed by atoms with Gasteiger partial charge in [-0.2, -0.15) is 13.2 Å². The molecule has 0 radical (unpaired) electrons. The summed E-state index contributed by atoms with van der Waals surface area (Å²) in [5.74, 6) is -1.52. The normalized spacial score (nSPS) is 19.0. The number of alkyl halides is 3. The molecule has 126 valence electrons. The summed E-state index contributed by atoms with van der Waals surface area (Å²) in [5.41, 5.74) is -3.17.